The smallest absolute Gasteiger partial charge is 0.396 e. The minimum Gasteiger partial charge on any atom is -0.743 e. The van der Waals surface area contributed by atoms with E-state index in [9.17, 15) is 35.3 Å². The van der Waals surface area contributed by atoms with Crippen molar-refractivity contribution in [2.75, 3.05) is 20.3 Å². The quantitative estimate of drug-likeness (QED) is 0.195. The maximum atomic E-state index is 13.0. The second kappa shape index (κ2) is 7.88. The average Bonchev–Trinajstić information content (AvgIpc) is 2.39. The summed E-state index contributed by atoms with van der Waals surface area (Å²) in [7, 11) is -5.33. The number of halogens is 4. The van der Waals surface area contributed by atoms with Gasteiger partial charge in [-0.3, -0.25) is 0 Å². The molecule has 130 valence electrons. The third-order valence-corrected chi connectivity index (χ3v) is 3.45. The molecule has 0 atom stereocenters. The lowest BCUT2D eigenvalue weighted by atomic mass is 10.1. The number of carbonyl (C=O) groups is 1. The zero-order valence-electron chi connectivity index (χ0n) is 11.6. The van der Waals surface area contributed by atoms with E-state index in [2.05, 4.69) is 11.3 Å². The van der Waals surface area contributed by atoms with Crippen molar-refractivity contribution in [3.63, 3.8) is 0 Å². The standard InChI is InChI=1S/C11H16F4O6S/c1-8(9(16)20-2)7-21-6-4-3-5-10(12,13)11(14,15)22(17,18)19/h1,3-7H2,2H3,(H,17,18,19)/p-1. The second-order valence-electron chi connectivity index (χ2n) is 4.28. The normalized spacial score (nSPS) is 13.0. The minimum absolute atomic E-state index is 0.0168. The van der Waals surface area contributed by atoms with Gasteiger partial charge in [-0.25, -0.2) is 13.2 Å². The molecule has 0 radical (unpaired) electrons. The molecule has 0 bridgehead atoms. The predicted molar refractivity (Wildman–Crippen MR) is 65.4 cm³/mol. The number of rotatable bonds is 10. The van der Waals surface area contributed by atoms with Crippen molar-refractivity contribution in [2.45, 2.75) is 30.4 Å². The SMILES string of the molecule is C=C(COCCCCC(F)(F)C(F)(F)S(=O)(=O)[O-])C(=O)OC. The van der Waals surface area contributed by atoms with E-state index in [4.69, 9.17) is 4.74 Å². The Hall–Kier alpha value is -1.20. The van der Waals surface area contributed by atoms with E-state index in [1.165, 1.54) is 0 Å². The fourth-order valence-electron chi connectivity index (χ4n) is 1.28. The molecule has 0 spiro atoms. The van der Waals surface area contributed by atoms with Gasteiger partial charge in [-0.05, 0) is 12.8 Å². The number of esters is 1. The number of unbranched alkanes of at least 4 members (excludes halogenated alkanes) is 1. The van der Waals surface area contributed by atoms with Crippen molar-refractivity contribution in [1.29, 1.82) is 0 Å². The highest BCUT2D eigenvalue weighted by atomic mass is 32.2. The molecule has 11 heteroatoms. The molecule has 0 rings (SSSR count). The van der Waals surface area contributed by atoms with Crippen LogP contribution in [0.2, 0.25) is 0 Å². The summed E-state index contributed by atoms with van der Waals surface area (Å²) in [5, 5.41) is -5.67. The molecule has 0 aromatic carbocycles. The van der Waals surface area contributed by atoms with Gasteiger partial charge in [-0.1, -0.05) is 6.58 Å². The van der Waals surface area contributed by atoms with E-state index >= 15 is 0 Å². The van der Waals surface area contributed by atoms with Crippen LogP contribution >= 0.6 is 0 Å². The molecule has 0 amide bonds. The summed E-state index contributed by atoms with van der Waals surface area (Å²) in [5.74, 6) is -5.68. The fraction of sp³-hybridized carbons (Fsp3) is 0.727. The van der Waals surface area contributed by atoms with Gasteiger partial charge in [0.05, 0.1) is 19.3 Å². The molecule has 0 unspecified atom stereocenters. The van der Waals surface area contributed by atoms with E-state index in [1.807, 2.05) is 0 Å². The Labute approximate surface area is 124 Å². The lowest BCUT2D eigenvalue weighted by Crippen LogP contribution is -2.46. The van der Waals surface area contributed by atoms with E-state index in [0.717, 1.165) is 7.11 Å². The van der Waals surface area contributed by atoms with E-state index in [0.29, 0.717) is 0 Å². The second-order valence-corrected chi connectivity index (χ2v) is 5.70. The topological polar surface area (TPSA) is 92.7 Å². The summed E-state index contributed by atoms with van der Waals surface area (Å²) in [6.07, 6.45) is -2.12. The van der Waals surface area contributed by atoms with Crippen LogP contribution in [0.25, 0.3) is 0 Å². The van der Waals surface area contributed by atoms with Crippen LogP contribution in [0.5, 0.6) is 0 Å². The van der Waals surface area contributed by atoms with Crippen LogP contribution in [-0.2, 0) is 24.4 Å². The Morgan fingerprint density at radius 2 is 1.77 bits per heavy atom. The molecule has 22 heavy (non-hydrogen) atoms. The largest absolute Gasteiger partial charge is 0.743 e. The van der Waals surface area contributed by atoms with Crippen molar-refractivity contribution in [2.24, 2.45) is 0 Å². The molecule has 0 saturated carbocycles. The van der Waals surface area contributed by atoms with Crippen molar-refractivity contribution < 1.29 is 44.8 Å². The van der Waals surface area contributed by atoms with Crippen molar-refractivity contribution >= 4 is 16.1 Å². The minimum atomic E-state index is -6.46. The highest BCUT2D eigenvalue weighted by Crippen LogP contribution is 2.41. The number of ether oxygens (including phenoxy) is 2. The summed E-state index contributed by atoms with van der Waals surface area (Å²) in [5.41, 5.74) is -0.0168. The summed E-state index contributed by atoms with van der Waals surface area (Å²) in [6.45, 7) is 2.94. The van der Waals surface area contributed by atoms with Crippen LogP contribution in [0.4, 0.5) is 17.6 Å². The van der Waals surface area contributed by atoms with Crippen LogP contribution in [0.3, 0.4) is 0 Å². The Kier molecular flexibility index (Phi) is 7.45. The van der Waals surface area contributed by atoms with Crippen LogP contribution in [0.1, 0.15) is 19.3 Å². The van der Waals surface area contributed by atoms with Crippen molar-refractivity contribution in [3.8, 4) is 0 Å². The molecule has 0 aromatic heterocycles. The maximum absolute atomic E-state index is 13.0. The summed E-state index contributed by atoms with van der Waals surface area (Å²) < 4.78 is 91.2. The van der Waals surface area contributed by atoms with E-state index < -0.39 is 40.1 Å². The Balaban J connectivity index is 4.16. The van der Waals surface area contributed by atoms with Gasteiger partial charge in [0.1, 0.15) is 0 Å². The number of hydrogen-bond acceptors (Lipinski definition) is 6. The number of alkyl halides is 4. The number of carbonyl (C=O) groups excluding carboxylic acids is 1. The molecule has 0 aliphatic carbocycles. The first-order valence-corrected chi connectivity index (χ1v) is 7.32. The Morgan fingerprint density at radius 3 is 2.23 bits per heavy atom. The van der Waals surface area contributed by atoms with Gasteiger partial charge in [-0.2, -0.15) is 17.6 Å². The first kappa shape index (κ1) is 20.8. The third kappa shape index (κ3) is 5.54. The van der Waals surface area contributed by atoms with Crippen LogP contribution in [-0.4, -0.2) is 50.4 Å². The molecular formula is C11H15F4O6S-. The molecule has 0 aliphatic rings. The lowest BCUT2D eigenvalue weighted by Gasteiger charge is -2.28. The van der Waals surface area contributed by atoms with Crippen molar-refractivity contribution in [3.05, 3.63) is 12.2 Å². The molecule has 0 aromatic rings. The molecular weight excluding hydrogens is 336 g/mol. The number of methoxy groups -OCH3 is 1. The van der Waals surface area contributed by atoms with E-state index in [1.54, 1.807) is 0 Å². The first-order chi connectivity index (χ1) is 9.87. The summed E-state index contributed by atoms with van der Waals surface area (Å²) >= 11 is 0. The van der Waals surface area contributed by atoms with Crippen LogP contribution in [0, 0.1) is 0 Å². The van der Waals surface area contributed by atoms with Crippen LogP contribution < -0.4 is 0 Å². The van der Waals surface area contributed by atoms with Crippen molar-refractivity contribution in [1.82, 2.24) is 0 Å². The van der Waals surface area contributed by atoms with Gasteiger partial charge in [0.25, 0.3) is 0 Å². The highest BCUT2D eigenvalue weighted by molar-refractivity contribution is 7.86. The van der Waals surface area contributed by atoms with Gasteiger partial charge >= 0.3 is 17.1 Å². The monoisotopic (exact) mass is 351 g/mol. The highest BCUT2D eigenvalue weighted by Gasteiger charge is 2.60. The molecule has 0 aliphatic heterocycles. The average molecular weight is 351 g/mol. The van der Waals surface area contributed by atoms with Gasteiger partial charge in [0.15, 0.2) is 10.1 Å². The third-order valence-electron chi connectivity index (χ3n) is 2.52. The molecule has 0 fully saturated rings. The van der Waals surface area contributed by atoms with Crippen LogP contribution in [0.15, 0.2) is 12.2 Å². The van der Waals surface area contributed by atoms with E-state index in [-0.39, 0.29) is 25.2 Å². The summed E-state index contributed by atoms with van der Waals surface area (Å²) in [4.78, 5) is 10.9. The van der Waals surface area contributed by atoms with Gasteiger partial charge in [-0.15, -0.1) is 0 Å². The zero-order chi connectivity index (χ0) is 17.6. The number of hydrogen-bond donors (Lipinski definition) is 0. The van der Waals surface area contributed by atoms with Gasteiger partial charge < -0.3 is 14.0 Å². The lowest BCUT2D eigenvalue weighted by molar-refractivity contribution is -0.165. The van der Waals surface area contributed by atoms with Gasteiger partial charge in [0, 0.05) is 13.0 Å². The summed E-state index contributed by atoms with van der Waals surface area (Å²) in [6, 6.07) is 0. The Morgan fingerprint density at radius 1 is 1.23 bits per heavy atom. The molecule has 0 saturated heterocycles. The maximum Gasteiger partial charge on any atom is 0.396 e. The molecule has 6 nitrogen and oxygen atoms in total. The zero-order valence-corrected chi connectivity index (χ0v) is 12.4. The first-order valence-electron chi connectivity index (χ1n) is 5.91. The van der Waals surface area contributed by atoms with Gasteiger partial charge in [0.2, 0.25) is 0 Å². The fourth-order valence-corrected chi connectivity index (χ4v) is 1.75. The molecule has 0 N–H and O–H groups in total. The Bertz CT molecular complexity index is 503. The molecule has 0 heterocycles. The predicted octanol–water partition coefficient (Wildman–Crippen LogP) is 1.68.